The van der Waals surface area contributed by atoms with Crippen molar-refractivity contribution in [1.29, 1.82) is 0 Å². The van der Waals surface area contributed by atoms with E-state index in [1.54, 1.807) is 12.3 Å². The van der Waals surface area contributed by atoms with E-state index in [4.69, 9.17) is 5.73 Å². The first kappa shape index (κ1) is 14.8. The summed E-state index contributed by atoms with van der Waals surface area (Å²) in [4.78, 5) is 18.6. The molecule has 21 heavy (non-hydrogen) atoms. The van der Waals surface area contributed by atoms with Crippen LogP contribution in [-0.2, 0) is 0 Å². The molecule has 2 fully saturated rings. The molecule has 0 atom stereocenters. The average molecular weight is 352 g/mol. The van der Waals surface area contributed by atoms with Gasteiger partial charge in [0.05, 0.1) is 5.56 Å². The quantitative estimate of drug-likeness (QED) is 0.840. The number of amides is 1. The molecular weight excluding hydrogens is 330 g/mol. The van der Waals surface area contributed by atoms with E-state index < -0.39 is 0 Å². The van der Waals surface area contributed by atoms with Crippen molar-refractivity contribution in [3.8, 4) is 0 Å². The largest absolute Gasteiger partial charge is 0.383 e. The lowest BCUT2D eigenvalue weighted by Crippen LogP contribution is -2.44. The van der Waals surface area contributed by atoms with Gasteiger partial charge >= 0.3 is 0 Å². The smallest absolute Gasteiger partial charge is 0.257 e. The van der Waals surface area contributed by atoms with Crippen LogP contribution in [0, 0.1) is 5.41 Å². The summed E-state index contributed by atoms with van der Waals surface area (Å²) in [6.07, 6.45) is 10.7. The van der Waals surface area contributed by atoms with Gasteiger partial charge < -0.3 is 10.6 Å². The topological polar surface area (TPSA) is 59.2 Å². The zero-order valence-corrected chi connectivity index (χ0v) is 13.9. The van der Waals surface area contributed by atoms with Gasteiger partial charge in [-0.3, -0.25) is 4.79 Å². The number of aromatic nitrogens is 1. The fourth-order valence-corrected chi connectivity index (χ4v) is 4.11. The standard InChI is InChI=1S/C16H22BrN3O/c17-12-10-13(14(18)19-11-12)15(21)20-8-6-16(7-9-20)4-2-1-3-5-16/h10-11H,1-9H2,(H2,18,19). The zero-order chi connectivity index (χ0) is 14.9. The fraction of sp³-hybridized carbons (Fsp3) is 0.625. The molecule has 0 radical (unpaired) electrons. The molecule has 0 unspecified atom stereocenters. The number of pyridine rings is 1. The lowest BCUT2D eigenvalue weighted by Gasteiger charge is -2.44. The third kappa shape index (κ3) is 3.07. The number of nitrogens with zero attached hydrogens (tertiary/aromatic N) is 2. The number of carbonyl (C=O) groups is 1. The molecule has 1 aliphatic carbocycles. The van der Waals surface area contributed by atoms with Crippen molar-refractivity contribution >= 4 is 27.7 Å². The average Bonchev–Trinajstić information content (AvgIpc) is 2.51. The number of nitrogens with two attached hydrogens (primary N) is 1. The molecule has 1 aromatic rings. The Kier molecular flexibility index (Phi) is 4.20. The highest BCUT2D eigenvalue weighted by atomic mass is 79.9. The van der Waals surface area contributed by atoms with Crippen molar-refractivity contribution in [3.05, 3.63) is 22.3 Å². The van der Waals surface area contributed by atoms with E-state index >= 15 is 0 Å². The first-order chi connectivity index (χ1) is 10.1. The van der Waals surface area contributed by atoms with Crippen molar-refractivity contribution in [2.45, 2.75) is 44.9 Å². The van der Waals surface area contributed by atoms with E-state index in [0.717, 1.165) is 30.4 Å². The molecule has 0 bridgehead atoms. The molecule has 1 saturated heterocycles. The number of rotatable bonds is 1. The van der Waals surface area contributed by atoms with Gasteiger partial charge in [0.2, 0.25) is 0 Å². The van der Waals surface area contributed by atoms with Crippen molar-refractivity contribution in [3.63, 3.8) is 0 Å². The number of nitrogen functional groups attached to an aromatic ring is 1. The van der Waals surface area contributed by atoms with Crippen LogP contribution in [0.25, 0.3) is 0 Å². The second-order valence-electron chi connectivity index (χ2n) is 6.44. The number of halogens is 1. The van der Waals surface area contributed by atoms with Gasteiger partial charge in [-0.2, -0.15) is 0 Å². The molecular formula is C16H22BrN3O. The van der Waals surface area contributed by atoms with E-state index in [1.807, 2.05) is 4.90 Å². The Bertz CT molecular complexity index is 530. The van der Waals surface area contributed by atoms with Crippen LogP contribution in [0.3, 0.4) is 0 Å². The van der Waals surface area contributed by atoms with Gasteiger partial charge in [0.1, 0.15) is 5.82 Å². The van der Waals surface area contributed by atoms with Gasteiger partial charge in [-0.15, -0.1) is 0 Å². The number of hydrogen-bond donors (Lipinski definition) is 1. The summed E-state index contributed by atoms with van der Waals surface area (Å²) in [6, 6.07) is 1.77. The molecule has 0 aromatic carbocycles. The van der Waals surface area contributed by atoms with Gasteiger partial charge in [-0.1, -0.05) is 19.3 Å². The van der Waals surface area contributed by atoms with Crippen LogP contribution >= 0.6 is 15.9 Å². The Balaban J connectivity index is 1.69. The second-order valence-corrected chi connectivity index (χ2v) is 7.35. The number of carbonyl (C=O) groups excluding carboxylic acids is 1. The maximum Gasteiger partial charge on any atom is 0.257 e. The predicted molar refractivity (Wildman–Crippen MR) is 87.0 cm³/mol. The molecule has 2 N–H and O–H groups in total. The van der Waals surface area contributed by atoms with Crippen molar-refractivity contribution < 1.29 is 4.79 Å². The van der Waals surface area contributed by atoms with Gasteiger partial charge in [0.25, 0.3) is 5.91 Å². The molecule has 2 heterocycles. The summed E-state index contributed by atoms with van der Waals surface area (Å²) < 4.78 is 0.792. The lowest BCUT2D eigenvalue weighted by atomic mass is 9.68. The molecule has 1 aromatic heterocycles. The maximum absolute atomic E-state index is 12.6. The first-order valence-corrected chi connectivity index (χ1v) is 8.59. The van der Waals surface area contributed by atoms with E-state index in [-0.39, 0.29) is 5.91 Å². The number of likely N-dealkylation sites (tertiary alicyclic amines) is 1. The van der Waals surface area contributed by atoms with Crippen LogP contribution in [0.1, 0.15) is 55.3 Å². The minimum atomic E-state index is 0.0203. The zero-order valence-electron chi connectivity index (χ0n) is 12.3. The summed E-state index contributed by atoms with van der Waals surface area (Å²) in [5, 5.41) is 0. The molecule has 1 aliphatic heterocycles. The van der Waals surface area contributed by atoms with E-state index in [1.165, 1.54) is 32.1 Å². The molecule has 3 rings (SSSR count). The summed E-state index contributed by atoms with van der Waals surface area (Å²) in [5.41, 5.74) is 6.88. The van der Waals surface area contributed by atoms with Crippen LogP contribution in [0.2, 0.25) is 0 Å². The number of anilines is 1. The van der Waals surface area contributed by atoms with Gasteiger partial charge in [0, 0.05) is 23.8 Å². The summed E-state index contributed by atoms with van der Waals surface area (Å²) in [5.74, 6) is 0.341. The monoisotopic (exact) mass is 351 g/mol. The molecule has 1 amide bonds. The highest BCUT2D eigenvalue weighted by molar-refractivity contribution is 9.10. The van der Waals surface area contributed by atoms with Crippen LogP contribution in [0.5, 0.6) is 0 Å². The lowest BCUT2D eigenvalue weighted by molar-refractivity contribution is 0.0472. The molecule has 2 aliphatic rings. The maximum atomic E-state index is 12.6. The van der Waals surface area contributed by atoms with Crippen molar-refractivity contribution in [1.82, 2.24) is 9.88 Å². The van der Waals surface area contributed by atoms with Crippen LogP contribution < -0.4 is 5.73 Å². The fourth-order valence-electron chi connectivity index (χ4n) is 3.78. The summed E-state index contributed by atoms with van der Waals surface area (Å²) in [7, 11) is 0. The van der Waals surface area contributed by atoms with Gasteiger partial charge in [0.15, 0.2) is 0 Å². The molecule has 4 nitrogen and oxygen atoms in total. The van der Waals surface area contributed by atoms with Crippen LogP contribution in [-0.4, -0.2) is 28.9 Å². The Morgan fingerprint density at radius 2 is 1.86 bits per heavy atom. The number of piperidine rings is 1. The summed E-state index contributed by atoms with van der Waals surface area (Å²) >= 11 is 3.36. The Morgan fingerprint density at radius 3 is 2.52 bits per heavy atom. The molecule has 1 spiro atoms. The highest BCUT2D eigenvalue weighted by Crippen LogP contribution is 2.44. The Labute approximate surface area is 134 Å². The third-order valence-corrected chi connectivity index (χ3v) is 5.57. The SMILES string of the molecule is Nc1ncc(Br)cc1C(=O)N1CCC2(CCCCC2)CC1. The van der Waals surface area contributed by atoms with E-state index in [0.29, 0.717) is 16.8 Å². The normalized spacial score (nSPS) is 21.5. The summed E-state index contributed by atoms with van der Waals surface area (Å²) in [6.45, 7) is 1.70. The minimum absolute atomic E-state index is 0.0203. The van der Waals surface area contributed by atoms with Crippen molar-refractivity contribution in [2.24, 2.45) is 5.41 Å². The van der Waals surface area contributed by atoms with Gasteiger partial charge in [-0.25, -0.2) is 4.98 Å². The Hall–Kier alpha value is -1.10. The minimum Gasteiger partial charge on any atom is -0.383 e. The molecule has 5 heteroatoms. The molecule has 114 valence electrons. The Morgan fingerprint density at radius 1 is 1.19 bits per heavy atom. The van der Waals surface area contributed by atoms with Crippen LogP contribution in [0.4, 0.5) is 5.82 Å². The predicted octanol–water partition coefficient (Wildman–Crippen LogP) is 3.61. The first-order valence-electron chi connectivity index (χ1n) is 7.80. The van der Waals surface area contributed by atoms with E-state index in [2.05, 4.69) is 20.9 Å². The third-order valence-electron chi connectivity index (χ3n) is 5.14. The van der Waals surface area contributed by atoms with E-state index in [9.17, 15) is 4.79 Å². The second kappa shape index (κ2) is 5.95. The highest BCUT2D eigenvalue weighted by Gasteiger charge is 2.37. The van der Waals surface area contributed by atoms with Gasteiger partial charge in [-0.05, 0) is 53.1 Å². The van der Waals surface area contributed by atoms with Crippen LogP contribution in [0.15, 0.2) is 16.7 Å². The number of hydrogen-bond acceptors (Lipinski definition) is 3. The van der Waals surface area contributed by atoms with Crippen molar-refractivity contribution in [2.75, 3.05) is 18.8 Å². The molecule has 1 saturated carbocycles.